The number of hydrogen-bond acceptors (Lipinski definition) is 2. The van der Waals surface area contributed by atoms with Crippen LogP contribution in [-0.4, -0.2) is 16.6 Å². The van der Waals surface area contributed by atoms with Gasteiger partial charge in [0.1, 0.15) is 0 Å². The predicted octanol–water partition coefficient (Wildman–Crippen LogP) is 1.33. The number of aliphatic imine (C=N–C) groups is 2. The van der Waals surface area contributed by atoms with Crippen molar-refractivity contribution in [3.63, 3.8) is 0 Å². The number of nitrogens with two attached hydrogens (primary N) is 1. The number of alkyl halides is 1. The van der Waals surface area contributed by atoms with Gasteiger partial charge in [-0.3, -0.25) is 0 Å². The smallest absolute Gasteiger partial charge is 0.218 e. The van der Waals surface area contributed by atoms with Gasteiger partial charge >= 0.3 is 0 Å². The van der Waals surface area contributed by atoms with E-state index in [9.17, 15) is 0 Å². The summed E-state index contributed by atoms with van der Waals surface area (Å²) in [6.45, 7) is 0. The lowest BCUT2D eigenvalue weighted by Crippen LogP contribution is -2.04. The third-order valence-corrected chi connectivity index (χ3v) is 0.830. The van der Waals surface area contributed by atoms with E-state index in [4.69, 9.17) is 40.5 Å². The zero-order chi connectivity index (χ0) is 7.28. The Balaban J connectivity index is 3.76. The molecule has 1 unspecified atom stereocenters. The first-order chi connectivity index (χ1) is 4.16. The normalized spacial score (nSPS) is 16.6. The van der Waals surface area contributed by atoms with E-state index >= 15 is 0 Å². The van der Waals surface area contributed by atoms with E-state index in [2.05, 4.69) is 9.98 Å². The zero-order valence-electron chi connectivity index (χ0n) is 4.26. The van der Waals surface area contributed by atoms with Crippen LogP contribution >= 0.6 is 34.8 Å². The summed E-state index contributed by atoms with van der Waals surface area (Å²) in [6, 6.07) is 0. The Morgan fingerprint density at radius 2 is 2.22 bits per heavy atom. The maximum Gasteiger partial charge on any atom is 0.218 e. The van der Waals surface area contributed by atoms with E-state index in [-0.39, 0.29) is 5.29 Å². The summed E-state index contributed by atoms with van der Waals surface area (Å²) >= 11 is 15.5. The Kier molecular flexibility index (Phi) is 4.85. The molecule has 0 amide bonds. The molecule has 1 atom stereocenters. The summed E-state index contributed by atoms with van der Waals surface area (Å²) in [6.07, 6.45) is 0. The van der Waals surface area contributed by atoms with Crippen LogP contribution in [-0.2, 0) is 0 Å². The third kappa shape index (κ3) is 5.89. The maximum atomic E-state index is 5.34. The van der Waals surface area contributed by atoms with E-state index in [1.54, 1.807) is 0 Å². The average Bonchev–Trinajstić information content (AvgIpc) is 1.63. The number of rotatable bonds is 2. The molecule has 3 nitrogen and oxygen atoms in total. The first-order valence-electron chi connectivity index (χ1n) is 1.91. The van der Waals surface area contributed by atoms with Gasteiger partial charge in [0, 0.05) is 0 Å². The summed E-state index contributed by atoms with van der Waals surface area (Å²) in [5, 5.41) is -0.141. The van der Waals surface area contributed by atoms with Crippen molar-refractivity contribution in [2.75, 3.05) is 0 Å². The molecule has 0 fully saturated rings. The van der Waals surface area contributed by atoms with Crippen LogP contribution in [0.15, 0.2) is 9.98 Å². The van der Waals surface area contributed by atoms with Crippen LogP contribution in [0.2, 0.25) is 0 Å². The fourth-order valence-electron chi connectivity index (χ4n) is 0.182. The van der Waals surface area contributed by atoms with Crippen LogP contribution in [0.1, 0.15) is 0 Å². The maximum absolute atomic E-state index is 5.34. The molecule has 0 rings (SSSR count). The average molecular weight is 188 g/mol. The SMILES string of the molecule is NC(Cl)=NC(Cl)N=CCl. The van der Waals surface area contributed by atoms with Crippen molar-refractivity contribution in [1.29, 1.82) is 0 Å². The highest BCUT2D eigenvalue weighted by Crippen LogP contribution is 1.99. The highest BCUT2D eigenvalue weighted by molar-refractivity contribution is 6.64. The minimum Gasteiger partial charge on any atom is -0.374 e. The van der Waals surface area contributed by atoms with E-state index in [1.807, 2.05) is 0 Å². The quantitative estimate of drug-likeness (QED) is 0.302. The number of halogens is 3. The molecule has 0 aromatic carbocycles. The minimum absolute atomic E-state index is 0.141. The van der Waals surface area contributed by atoms with Crippen molar-refractivity contribution in [1.82, 2.24) is 0 Å². The van der Waals surface area contributed by atoms with Crippen molar-refractivity contribution in [2.24, 2.45) is 15.7 Å². The Hall–Kier alpha value is 0.01000. The second-order valence-electron chi connectivity index (χ2n) is 1.01. The Bertz CT molecular complexity index is 128. The molecular formula is C3H4Cl3N3. The molecule has 52 valence electrons. The van der Waals surface area contributed by atoms with Crippen LogP contribution < -0.4 is 5.73 Å². The number of amidine groups is 1. The van der Waals surface area contributed by atoms with Gasteiger partial charge < -0.3 is 5.73 Å². The Morgan fingerprint density at radius 1 is 1.67 bits per heavy atom. The van der Waals surface area contributed by atoms with Gasteiger partial charge in [-0.1, -0.05) is 23.2 Å². The Labute approximate surface area is 67.5 Å². The van der Waals surface area contributed by atoms with Crippen molar-refractivity contribution in [2.45, 2.75) is 5.62 Å². The van der Waals surface area contributed by atoms with Crippen LogP contribution in [0, 0.1) is 0 Å². The van der Waals surface area contributed by atoms with Crippen LogP contribution in [0.3, 0.4) is 0 Å². The second-order valence-corrected chi connectivity index (χ2v) is 1.98. The topological polar surface area (TPSA) is 50.7 Å². The van der Waals surface area contributed by atoms with Crippen LogP contribution in [0.5, 0.6) is 0 Å². The van der Waals surface area contributed by atoms with Crippen LogP contribution in [0.4, 0.5) is 0 Å². The second kappa shape index (κ2) is 4.85. The van der Waals surface area contributed by atoms with Gasteiger partial charge in [0.25, 0.3) is 0 Å². The molecule has 0 aliphatic carbocycles. The summed E-state index contributed by atoms with van der Waals surface area (Å²) in [5.41, 5.74) is 5.12. The lowest BCUT2D eigenvalue weighted by atomic mass is 11.1. The van der Waals surface area contributed by atoms with Gasteiger partial charge in [0.05, 0.1) is 5.67 Å². The van der Waals surface area contributed by atoms with E-state index in [0.29, 0.717) is 0 Å². The largest absolute Gasteiger partial charge is 0.374 e. The van der Waals surface area contributed by atoms with E-state index in [1.165, 1.54) is 0 Å². The van der Waals surface area contributed by atoms with Gasteiger partial charge in [-0.15, -0.1) is 0 Å². The lowest BCUT2D eigenvalue weighted by molar-refractivity contribution is 0.984. The van der Waals surface area contributed by atoms with Gasteiger partial charge in [-0.05, 0) is 11.6 Å². The molecule has 9 heavy (non-hydrogen) atoms. The number of hydrogen-bond donors (Lipinski definition) is 1. The predicted molar refractivity (Wildman–Crippen MR) is 41.5 cm³/mol. The molecule has 0 saturated heterocycles. The van der Waals surface area contributed by atoms with Crippen molar-refractivity contribution < 1.29 is 0 Å². The molecule has 0 heterocycles. The summed E-state index contributed by atoms with van der Waals surface area (Å²) in [7, 11) is 0. The van der Waals surface area contributed by atoms with Gasteiger partial charge in [0.15, 0.2) is 5.29 Å². The van der Waals surface area contributed by atoms with E-state index < -0.39 is 5.62 Å². The molecule has 0 aromatic rings. The minimum atomic E-state index is -0.819. The van der Waals surface area contributed by atoms with Gasteiger partial charge in [0.2, 0.25) is 5.62 Å². The van der Waals surface area contributed by atoms with Crippen molar-refractivity contribution in [3.8, 4) is 0 Å². The molecule has 0 spiro atoms. The van der Waals surface area contributed by atoms with Gasteiger partial charge in [-0.25, -0.2) is 9.98 Å². The fourth-order valence-corrected chi connectivity index (χ4v) is 0.650. The molecule has 0 radical (unpaired) electrons. The van der Waals surface area contributed by atoms with Crippen molar-refractivity contribution >= 4 is 45.8 Å². The highest BCUT2D eigenvalue weighted by atomic mass is 35.5. The lowest BCUT2D eigenvalue weighted by Gasteiger charge is -1.92. The standard InChI is InChI=1S/C3H4Cl3N3/c4-1-8-3(6)9-2(5)7/h1,3H,(H2,7,9). The van der Waals surface area contributed by atoms with Gasteiger partial charge in [-0.2, -0.15) is 0 Å². The fraction of sp³-hybridized carbons (Fsp3) is 0.333. The molecule has 6 heteroatoms. The molecule has 0 saturated carbocycles. The van der Waals surface area contributed by atoms with Crippen molar-refractivity contribution in [3.05, 3.63) is 0 Å². The van der Waals surface area contributed by atoms with Crippen LogP contribution in [0.25, 0.3) is 0 Å². The summed E-state index contributed by atoms with van der Waals surface area (Å²) in [4.78, 5) is 6.83. The van der Waals surface area contributed by atoms with E-state index in [0.717, 1.165) is 5.67 Å². The highest BCUT2D eigenvalue weighted by Gasteiger charge is 1.94. The molecule has 0 aliphatic rings. The monoisotopic (exact) mass is 187 g/mol. The summed E-state index contributed by atoms with van der Waals surface area (Å²) < 4.78 is 0. The molecule has 0 bridgehead atoms. The molecular weight excluding hydrogens is 184 g/mol. The summed E-state index contributed by atoms with van der Waals surface area (Å²) in [5.74, 6) is 0. The first kappa shape index (κ1) is 9.01. The molecule has 0 aliphatic heterocycles. The first-order valence-corrected chi connectivity index (χ1v) is 3.16. The molecule has 2 N–H and O–H groups in total. The zero-order valence-corrected chi connectivity index (χ0v) is 6.53. The number of nitrogens with zero attached hydrogens (tertiary/aromatic N) is 2. The third-order valence-electron chi connectivity index (χ3n) is 0.409. The molecule has 0 aromatic heterocycles. The Morgan fingerprint density at radius 3 is 2.56 bits per heavy atom.